The van der Waals surface area contributed by atoms with E-state index in [9.17, 15) is 4.79 Å². The van der Waals surface area contributed by atoms with Crippen LogP contribution in [0.2, 0.25) is 0 Å². The highest BCUT2D eigenvalue weighted by Crippen LogP contribution is 2.33. The van der Waals surface area contributed by atoms with Crippen LogP contribution in [0, 0.1) is 0 Å². The fourth-order valence-corrected chi connectivity index (χ4v) is 5.33. The lowest BCUT2D eigenvalue weighted by molar-refractivity contribution is -0.137. The summed E-state index contributed by atoms with van der Waals surface area (Å²) in [5.74, 6) is 0.760. The lowest BCUT2D eigenvalue weighted by atomic mass is 10.0. The van der Waals surface area contributed by atoms with Crippen LogP contribution >= 0.6 is 11.3 Å². The fourth-order valence-electron chi connectivity index (χ4n) is 4.18. The third-order valence-corrected chi connectivity index (χ3v) is 7.01. The van der Waals surface area contributed by atoms with Crippen LogP contribution in [0.25, 0.3) is 21.5 Å². The molecule has 0 aliphatic heterocycles. The Balaban J connectivity index is 1.12. The summed E-state index contributed by atoms with van der Waals surface area (Å²) in [6.45, 7) is 1.06. The maximum atomic E-state index is 11.0. The topological polar surface area (TPSA) is 73.6 Å². The molecule has 5 rings (SSSR count). The predicted octanol–water partition coefficient (Wildman–Crippen LogP) is 5.58. The zero-order valence-corrected chi connectivity index (χ0v) is 19.1. The van der Waals surface area contributed by atoms with Crippen LogP contribution in [0.5, 0.6) is 11.5 Å². The summed E-state index contributed by atoms with van der Waals surface area (Å²) >= 11 is 1.81. The molecule has 0 unspecified atom stereocenters. The molecule has 0 spiro atoms. The van der Waals surface area contributed by atoms with Gasteiger partial charge in [0.25, 0.3) is 0 Å². The van der Waals surface area contributed by atoms with Crippen LogP contribution in [0.3, 0.4) is 0 Å². The van der Waals surface area contributed by atoms with Crippen molar-refractivity contribution < 1.29 is 19.4 Å². The van der Waals surface area contributed by atoms with Crippen molar-refractivity contribution in [2.24, 2.45) is 0 Å². The number of carboxylic acids is 1. The SMILES string of the molecule is O=C(O)Cn1ccc2cc(OCCCOc3cccc(-c4nc5c(s4)CCCC5)c3)ccc21. The molecule has 6 nitrogen and oxygen atoms in total. The minimum absolute atomic E-state index is 0.0485. The summed E-state index contributed by atoms with van der Waals surface area (Å²) in [6, 6.07) is 15.8. The van der Waals surface area contributed by atoms with Crippen molar-refractivity contribution in [3.8, 4) is 22.1 Å². The molecule has 0 amide bonds. The van der Waals surface area contributed by atoms with E-state index in [1.165, 1.54) is 23.4 Å². The third-order valence-electron chi connectivity index (χ3n) is 5.80. The van der Waals surface area contributed by atoms with Gasteiger partial charge in [-0.25, -0.2) is 4.98 Å². The highest BCUT2D eigenvalue weighted by atomic mass is 32.1. The van der Waals surface area contributed by atoms with Gasteiger partial charge in [-0.1, -0.05) is 12.1 Å². The van der Waals surface area contributed by atoms with E-state index in [-0.39, 0.29) is 6.54 Å². The monoisotopic (exact) mass is 462 g/mol. The molecule has 1 aliphatic rings. The third kappa shape index (κ3) is 5.03. The molecule has 1 N–H and O–H groups in total. The number of rotatable bonds is 9. The molecule has 7 heteroatoms. The Bertz CT molecular complexity index is 1250. The number of aryl methyl sites for hydroxylation is 2. The molecule has 2 heterocycles. The van der Waals surface area contributed by atoms with Crippen molar-refractivity contribution in [3.05, 3.63) is 65.3 Å². The van der Waals surface area contributed by atoms with E-state index < -0.39 is 5.97 Å². The number of carboxylic acid groups (broad SMARTS) is 1. The standard InChI is InChI=1S/C26H26N2O4S/c29-25(30)17-28-12-11-18-15-21(9-10-23(18)28)32-14-4-13-31-20-6-3-5-19(16-20)26-27-22-7-1-2-8-24(22)33-26/h3,5-6,9-12,15-16H,1-2,4,7-8,13-14,17H2,(H,29,30). The molecule has 2 aromatic carbocycles. The molecular formula is C26H26N2O4S. The molecule has 1 aliphatic carbocycles. The number of fused-ring (bicyclic) bond motifs is 2. The summed E-state index contributed by atoms with van der Waals surface area (Å²) in [5.41, 5.74) is 3.28. The Kier molecular flexibility index (Phi) is 6.30. The van der Waals surface area contributed by atoms with Gasteiger partial charge in [0.1, 0.15) is 23.1 Å². The molecule has 0 radical (unpaired) electrons. The van der Waals surface area contributed by atoms with Crippen molar-refractivity contribution in [2.75, 3.05) is 13.2 Å². The molecule has 0 bridgehead atoms. The van der Waals surface area contributed by atoms with E-state index in [1.54, 1.807) is 10.8 Å². The Morgan fingerprint density at radius 1 is 1.03 bits per heavy atom. The van der Waals surface area contributed by atoms with Crippen LogP contribution in [0.4, 0.5) is 0 Å². The molecule has 0 saturated carbocycles. The van der Waals surface area contributed by atoms with E-state index in [1.807, 2.05) is 47.7 Å². The summed E-state index contributed by atoms with van der Waals surface area (Å²) in [7, 11) is 0. The van der Waals surface area contributed by atoms with Crippen molar-refractivity contribution >= 4 is 28.2 Å². The van der Waals surface area contributed by atoms with E-state index in [0.717, 1.165) is 52.2 Å². The molecule has 0 atom stereocenters. The van der Waals surface area contributed by atoms with Gasteiger partial charge in [0.2, 0.25) is 0 Å². The number of nitrogens with zero attached hydrogens (tertiary/aromatic N) is 2. The number of benzene rings is 2. The molecule has 33 heavy (non-hydrogen) atoms. The van der Waals surface area contributed by atoms with Gasteiger partial charge in [0.15, 0.2) is 0 Å². The number of carbonyl (C=O) groups is 1. The van der Waals surface area contributed by atoms with E-state index in [0.29, 0.717) is 13.2 Å². The van der Waals surface area contributed by atoms with E-state index >= 15 is 0 Å². The first kappa shape index (κ1) is 21.5. The fraction of sp³-hybridized carbons (Fsp3) is 0.308. The highest BCUT2D eigenvalue weighted by Gasteiger charge is 2.16. The first-order valence-electron chi connectivity index (χ1n) is 11.3. The first-order chi connectivity index (χ1) is 16.2. The Hall–Kier alpha value is -3.32. The smallest absolute Gasteiger partial charge is 0.323 e. The maximum Gasteiger partial charge on any atom is 0.323 e. The van der Waals surface area contributed by atoms with E-state index in [2.05, 4.69) is 12.1 Å². The van der Waals surface area contributed by atoms with Gasteiger partial charge in [-0.3, -0.25) is 4.79 Å². The molecule has 2 aromatic heterocycles. The second-order valence-corrected chi connectivity index (χ2v) is 9.32. The van der Waals surface area contributed by atoms with Crippen molar-refractivity contribution in [3.63, 3.8) is 0 Å². The van der Waals surface area contributed by atoms with Gasteiger partial charge in [0.05, 0.1) is 18.9 Å². The average Bonchev–Trinajstić information content (AvgIpc) is 3.43. The normalized spacial score (nSPS) is 13.1. The van der Waals surface area contributed by atoms with Gasteiger partial charge in [-0.2, -0.15) is 0 Å². The van der Waals surface area contributed by atoms with Gasteiger partial charge >= 0.3 is 5.97 Å². The minimum atomic E-state index is -0.857. The lowest BCUT2D eigenvalue weighted by Gasteiger charge is -2.09. The maximum absolute atomic E-state index is 11.0. The molecular weight excluding hydrogens is 436 g/mol. The van der Waals surface area contributed by atoms with Crippen molar-refractivity contribution in [1.29, 1.82) is 0 Å². The van der Waals surface area contributed by atoms with Crippen LogP contribution in [-0.4, -0.2) is 33.8 Å². The zero-order chi connectivity index (χ0) is 22.6. The second kappa shape index (κ2) is 9.67. The van der Waals surface area contributed by atoms with Crippen LogP contribution in [-0.2, 0) is 24.2 Å². The van der Waals surface area contributed by atoms with Gasteiger partial charge < -0.3 is 19.1 Å². The number of hydrogen-bond acceptors (Lipinski definition) is 5. The Morgan fingerprint density at radius 2 is 1.85 bits per heavy atom. The summed E-state index contributed by atoms with van der Waals surface area (Å²) in [5, 5.41) is 11.0. The minimum Gasteiger partial charge on any atom is -0.493 e. The summed E-state index contributed by atoms with van der Waals surface area (Å²) in [6.07, 6.45) is 7.31. The molecule has 0 fully saturated rings. The summed E-state index contributed by atoms with van der Waals surface area (Å²) in [4.78, 5) is 17.3. The van der Waals surface area contributed by atoms with Crippen molar-refractivity contribution in [1.82, 2.24) is 9.55 Å². The van der Waals surface area contributed by atoms with Gasteiger partial charge in [-0.05, 0) is 62.1 Å². The Labute approximate surface area is 196 Å². The first-order valence-corrected chi connectivity index (χ1v) is 12.1. The number of aromatic nitrogens is 2. The van der Waals surface area contributed by atoms with Crippen LogP contribution in [0.1, 0.15) is 29.8 Å². The van der Waals surface area contributed by atoms with Gasteiger partial charge in [-0.15, -0.1) is 11.3 Å². The number of hydrogen-bond donors (Lipinski definition) is 1. The predicted molar refractivity (Wildman–Crippen MR) is 129 cm³/mol. The molecule has 0 saturated heterocycles. The molecule has 170 valence electrons. The number of ether oxygens (including phenoxy) is 2. The zero-order valence-electron chi connectivity index (χ0n) is 18.3. The molecule has 4 aromatic rings. The average molecular weight is 463 g/mol. The highest BCUT2D eigenvalue weighted by molar-refractivity contribution is 7.15. The Morgan fingerprint density at radius 3 is 2.67 bits per heavy atom. The quantitative estimate of drug-likeness (QED) is 0.329. The number of thiazole rings is 1. The van der Waals surface area contributed by atoms with Crippen molar-refractivity contribution in [2.45, 2.75) is 38.6 Å². The van der Waals surface area contributed by atoms with Gasteiger partial charge in [0, 0.05) is 34.0 Å². The largest absolute Gasteiger partial charge is 0.493 e. The summed E-state index contributed by atoms with van der Waals surface area (Å²) < 4.78 is 13.5. The van der Waals surface area contributed by atoms with Crippen LogP contribution in [0.15, 0.2) is 54.7 Å². The van der Waals surface area contributed by atoms with E-state index in [4.69, 9.17) is 19.6 Å². The van der Waals surface area contributed by atoms with Crippen LogP contribution < -0.4 is 9.47 Å². The second-order valence-electron chi connectivity index (χ2n) is 8.23. The lowest BCUT2D eigenvalue weighted by Crippen LogP contribution is -2.07. The number of aliphatic carboxylic acids is 1.